The second-order valence-corrected chi connectivity index (χ2v) is 7.00. The van der Waals surface area contributed by atoms with Gasteiger partial charge in [0.05, 0.1) is 19.0 Å². The summed E-state index contributed by atoms with van der Waals surface area (Å²) >= 11 is 0. The second kappa shape index (κ2) is 8.65. The third-order valence-corrected chi connectivity index (χ3v) is 5.02. The Kier molecular flexibility index (Phi) is 5.61. The van der Waals surface area contributed by atoms with Crippen LogP contribution >= 0.6 is 0 Å². The highest BCUT2D eigenvalue weighted by Gasteiger charge is 2.27. The molecule has 2 N–H and O–H groups in total. The molecule has 0 fully saturated rings. The van der Waals surface area contributed by atoms with E-state index in [1.807, 2.05) is 47.6 Å². The fraction of sp³-hybridized carbons (Fsp3) is 0.174. The number of hydrogen-bond donors (Lipinski definition) is 2. The number of hydrazine groups is 1. The first-order chi connectivity index (χ1) is 14.7. The van der Waals surface area contributed by atoms with Crippen molar-refractivity contribution in [2.45, 2.75) is 19.5 Å². The van der Waals surface area contributed by atoms with Crippen LogP contribution in [0.5, 0.6) is 5.75 Å². The monoisotopic (exact) mass is 401 g/mol. The number of carbonyl (C=O) groups is 1. The van der Waals surface area contributed by atoms with Gasteiger partial charge in [0.25, 0.3) is 0 Å². The van der Waals surface area contributed by atoms with Crippen molar-refractivity contribution in [3.05, 3.63) is 78.1 Å². The molecule has 4 rings (SSSR count). The molecule has 1 amide bonds. The molecule has 7 nitrogen and oxygen atoms in total. The molecule has 0 bridgehead atoms. The lowest BCUT2D eigenvalue weighted by atomic mass is 10.0. The number of aryl methyl sites for hydroxylation is 1. The highest BCUT2D eigenvalue weighted by Crippen LogP contribution is 2.30. The Balaban J connectivity index is 1.66. The van der Waals surface area contributed by atoms with Crippen LogP contribution in [0.3, 0.4) is 0 Å². The summed E-state index contributed by atoms with van der Waals surface area (Å²) < 4.78 is 5.38. The van der Waals surface area contributed by atoms with Gasteiger partial charge >= 0.3 is 0 Å². The van der Waals surface area contributed by atoms with E-state index in [9.17, 15) is 4.79 Å². The van der Waals surface area contributed by atoms with Gasteiger partial charge in [-0.1, -0.05) is 36.4 Å². The lowest BCUT2D eigenvalue weighted by Gasteiger charge is -2.25. The molecule has 0 saturated heterocycles. The zero-order valence-electron chi connectivity index (χ0n) is 16.9. The van der Waals surface area contributed by atoms with E-state index < -0.39 is 0 Å². The summed E-state index contributed by atoms with van der Waals surface area (Å²) in [5, 5.41) is 4.53. The smallest absolute Gasteiger partial charge is 0.219 e. The van der Waals surface area contributed by atoms with Gasteiger partial charge in [-0.15, -0.1) is 0 Å². The minimum atomic E-state index is -0.224. The molecule has 0 radical (unpaired) electrons. The average molecular weight is 401 g/mol. The van der Waals surface area contributed by atoms with E-state index in [0.29, 0.717) is 18.8 Å². The van der Waals surface area contributed by atoms with Crippen molar-refractivity contribution >= 4 is 18.1 Å². The Hall–Kier alpha value is -3.87. The molecule has 1 atom stereocenters. The number of benzene rings is 2. The van der Waals surface area contributed by atoms with Crippen LogP contribution in [-0.4, -0.2) is 30.6 Å². The van der Waals surface area contributed by atoms with E-state index in [1.54, 1.807) is 13.3 Å². The molecule has 1 aromatic heterocycles. The Morgan fingerprint density at radius 1 is 1.17 bits per heavy atom. The molecule has 3 aromatic rings. The maximum Gasteiger partial charge on any atom is 0.219 e. The van der Waals surface area contributed by atoms with E-state index in [1.165, 1.54) is 0 Å². The molecule has 1 aliphatic rings. The van der Waals surface area contributed by atoms with E-state index >= 15 is 0 Å². The van der Waals surface area contributed by atoms with Gasteiger partial charge in [-0.3, -0.25) is 25.5 Å². The van der Waals surface area contributed by atoms with Crippen molar-refractivity contribution < 1.29 is 9.53 Å². The van der Waals surface area contributed by atoms with Gasteiger partial charge in [0.1, 0.15) is 11.9 Å². The van der Waals surface area contributed by atoms with Crippen LogP contribution in [0.15, 0.2) is 72.0 Å². The number of pyridine rings is 1. The quantitative estimate of drug-likeness (QED) is 0.621. The number of nitrogens with one attached hydrogen (secondary N) is 2. The van der Waals surface area contributed by atoms with Crippen molar-refractivity contribution in [2.24, 2.45) is 4.99 Å². The molecule has 2 aromatic carbocycles. The van der Waals surface area contributed by atoms with E-state index in [4.69, 9.17) is 4.74 Å². The number of ether oxygens (including phenoxy) is 1. The van der Waals surface area contributed by atoms with E-state index in [2.05, 4.69) is 45.8 Å². The molecule has 1 unspecified atom stereocenters. The van der Waals surface area contributed by atoms with Crippen LogP contribution < -0.4 is 20.5 Å². The van der Waals surface area contributed by atoms with Crippen molar-refractivity contribution in [3.8, 4) is 16.9 Å². The van der Waals surface area contributed by atoms with Crippen LogP contribution in [0, 0.1) is 6.92 Å². The Labute approximate surface area is 175 Å². The molecule has 2 heterocycles. The predicted octanol–water partition coefficient (Wildman–Crippen LogP) is 3.06. The summed E-state index contributed by atoms with van der Waals surface area (Å²) in [5.41, 5.74) is 8.32. The maximum absolute atomic E-state index is 10.9. The number of anilines is 1. The fourth-order valence-corrected chi connectivity index (χ4v) is 3.49. The van der Waals surface area contributed by atoms with Gasteiger partial charge in [-0.05, 0) is 41.8 Å². The maximum atomic E-state index is 10.9. The molecule has 0 aliphatic carbocycles. The number of nitrogens with zero attached hydrogens (tertiary/aromatic N) is 3. The SMILES string of the molecule is COc1ccc(C)c(-c2cncc(N3NC(NC=O)=NC3Cc3ccccc3)c2)c1. The number of carbonyl (C=O) groups excluding carboxylic acids is 1. The van der Waals surface area contributed by atoms with E-state index in [-0.39, 0.29) is 6.17 Å². The summed E-state index contributed by atoms with van der Waals surface area (Å²) in [5.74, 6) is 1.21. The van der Waals surface area contributed by atoms with Crippen LogP contribution in [0.4, 0.5) is 5.69 Å². The standard InChI is InChI=1S/C23H23N5O2/c1-16-8-9-20(30-2)12-21(16)18-11-19(14-24-13-18)28-22(26-23(27-28)25-15-29)10-17-6-4-3-5-7-17/h3-9,11-15,22H,10H2,1-2H3,(H2,25,26,27,29). The van der Waals surface area contributed by atoms with Gasteiger partial charge in [-0.25, -0.2) is 4.99 Å². The molecule has 30 heavy (non-hydrogen) atoms. The van der Waals surface area contributed by atoms with Gasteiger partial charge in [0.2, 0.25) is 12.4 Å². The zero-order valence-corrected chi connectivity index (χ0v) is 16.9. The molecular weight excluding hydrogens is 378 g/mol. The summed E-state index contributed by atoms with van der Waals surface area (Å²) in [6.07, 6.45) is 4.68. The lowest BCUT2D eigenvalue weighted by Crippen LogP contribution is -2.45. The minimum Gasteiger partial charge on any atom is -0.497 e. The first-order valence-corrected chi connectivity index (χ1v) is 9.66. The highest BCUT2D eigenvalue weighted by atomic mass is 16.5. The Morgan fingerprint density at radius 2 is 2.00 bits per heavy atom. The largest absolute Gasteiger partial charge is 0.497 e. The zero-order chi connectivity index (χ0) is 20.9. The predicted molar refractivity (Wildman–Crippen MR) is 117 cm³/mol. The first-order valence-electron chi connectivity index (χ1n) is 9.66. The number of aliphatic imine (C=N–C) groups is 1. The van der Waals surface area contributed by atoms with Crippen molar-refractivity contribution in [3.63, 3.8) is 0 Å². The summed E-state index contributed by atoms with van der Waals surface area (Å²) in [6, 6.07) is 18.2. The molecule has 0 saturated carbocycles. The van der Waals surface area contributed by atoms with Crippen molar-refractivity contribution in [1.29, 1.82) is 0 Å². The van der Waals surface area contributed by atoms with Crippen LogP contribution in [0.1, 0.15) is 11.1 Å². The van der Waals surface area contributed by atoms with Crippen molar-refractivity contribution in [1.82, 2.24) is 15.7 Å². The van der Waals surface area contributed by atoms with Crippen LogP contribution in [0.2, 0.25) is 0 Å². The average Bonchev–Trinajstić information content (AvgIpc) is 3.17. The second-order valence-electron chi connectivity index (χ2n) is 7.00. The number of aromatic nitrogens is 1. The lowest BCUT2D eigenvalue weighted by molar-refractivity contribution is -0.108. The minimum absolute atomic E-state index is 0.224. The number of guanidine groups is 1. The Bertz CT molecular complexity index is 1070. The number of amides is 1. The third-order valence-electron chi connectivity index (χ3n) is 5.02. The molecule has 1 aliphatic heterocycles. The van der Waals surface area contributed by atoms with Gasteiger partial charge < -0.3 is 4.74 Å². The highest BCUT2D eigenvalue weighted by molar-refractivity contribution is 5.91. The van der Waals surface area contributed by atoms with Crippen LogP contribution in [-0.2, 0) is 11.2 Å². The number of rotatable bonds is 6. The molecule has 0 spiro atoms. The number of methoxy groups -OCH3 is 1. The van der Waals surface area contributed by atoms with Gasteiger partial charge in [0, 0.05) is 18.2 Å². The Morgan fingerprint density at radius 3 is 2.77 bits per heavy atom. The summed E-state index contributed by atoms with van der Waals surface area (Å²) in [4.78, 5) is 20.0. The van der Waals surface area contributed by atoms with Crippen molar-refractivity contribution in [2.75, 3.05) is 12.1 Å². The number of hydrogen-bond acceptors (Lipinski definition) is 6. The fourth-order valence-electron chi connectivity index (χ4n) is 3.49. The van der Waals surface area contributed by atoms with E-state index in [0.717, 1.165) is 33.7 Å². The van der Waals surface area contributed by atoms with Gasteiger partial charge in [0.15, 0.2) is 0 Å². The molecular formula is C23H23N5O2. The molecule has 7 heteroatoms. The third kappa shape index (κ3) is 4.10. The normalized spacial score (nSPS) is 15.3. The first kappa shape index (κ1) is 19.4. The summed E-state index contributed by atoms with van der Waals surface area (Å²) in [6.45, 7) is 2.06. The topological polar surface area (TPSA) is 78.9 Å². The van der Waals surface area contributed by atoms with Gasteiger partial charge in [-0.2, -0.15) is 0 Å². The summed E-state index contributed by atoms with van der Waals surface area (Å²) in [7, 11) is 1.66. The molecule has 152 valence electrons. The van der Waals surface area contributed by atoms with Crippen LogP contribution in [0.25, 0.3) is 11.1 Å².